The maximum absolute atomic E-state index is 11.3. The van der Waals surface area contributed by atoms with E-state index in [1.807, 2.05) is 6.92 Å². The molecule has 0 fully saturated rings. The Bertz CT molecular complexity index is 387. The summed E-state index contributed by atoms with van der Waals surface area (Å²) in [5.41, 5.74) is 0. The Hall–Kier alpha value is 0.870. The standard InChI is InChI=1S/C20H42O4S.Na/c1-3-5-6-7-8-9-10-11-12-13-14-15-17-20(25(22,23)24)18-19(21)16-4-2;/h19-21H,3-18H2,1-2H3,(H,22,23,24);/q;+1/p-1. The Labute approximate surface area is 185 Å². The summed E-state index contributed by atoms with van der Waals surface area (Å²) >= 11 is 0. The molecular formula is C20H41NaO4S. The van der Waals surface area contributed by atoms with E-state index in [4.69, 9.17) is 0 Å². The third-order valence-corrected chi connectivity index (χ3v) is 6.19. The molecule has 26 heavy (non-hydrogen) atoms. The van der Waals surface area contributed by atoms with Crippen molar-refractivity contribution in [3.8, 4) is 0 Å². The van der Waals surface area contributed by atoms with Gasteiger partial charge < -0.3 is 9.66 Å². The van der Waals surface area contributed by atoms with Crippen molar-refractivity contribution in [1.82, 2.24) is 0 Å². The van der Waals surface area contributed by atoms with Crippen LogP contribution in [0.15, 0.2) is 0 Å². The average Bonchev–Trinajstić information content (AvgIpc) is 2.54. The van der Waals surface area contributed by atoms with Crippen LogP contribution in [0.2, 0.25) is 0 Å². The first-order valence-electron chi connectivity index (χ1n) is 10.5. The van der Waals surface area contributed by atoms with E-state index in [0.717, 1.165) is 25.7 Å². The fourth-order valence-electron chi connectivity index (χ4n) is 3.35. The van der Waals surface area contributed by atoms with E-state index in [1.165, 1.54) is 57.8 Å². The monoisotopic (exact) mass is 400 g/mol. The molecule has 1 N–H and O–H groups in total. The van der Waals surface area contributed by atoms with Gasteiger partial charge in [-0.15, -0.1) is 0 Å². The number of rotatable bonds is 18. The first-order chi connectivity index (χ1) is 11.9. The first kappa shape index (κ1) is 29.1. The van der Waals surface area contributed by atoms with Crippen LogP contribution in [0, 0.1) is 0 Å². The molecule has 2 atom stereocenters. The minimum absolute atomic E-state index is 0. The molecule has 4 nitrogen and oxygen atoms in total. The number of aliphatic hydroxyl groups excluding tert-OH is 1. The van der Waals surface area contributed by atoms with E-state index in [1.54, 1.807) is 0 Å². The summed E-state index contributed by atoms with van der Waals surface area (Å²) < 4.78 is 34.0. The van der Waals surface area contributed by atoms with Gasteiger partial charge in [0.25, 0.3) is 0 Å². The summed E-state index contributed by atoms with van der Waals surface area (Å²) in [7, 11) is -4.30. The molecule has 0 radical (unpaired) electrons. The van der Waals surface area contributed by atoms with Gasteiger partial charge in [0.05, 0.1) is 21.5 Å². The van der Waals surface area contributed by atoms with Gasteiger partial charge in [-0.25, -0.2) is 8.42 Å². The van der Waals surface area contributed by atoms with Crippen molar-refractivity contribution in [2.45, 2.75) is 128 Å². The summed E-state index contributed by atoms with van der Waals surface area (Å²) in [5.74, 6) is 0. The van der Waals surface area contributed by atoms with Gasteiger partial charge in [-0.1, -0.05) is 97.3 Å². The largest absolute Gasteiger partial charge is 1.00 e. The Morgan fingerprint density at radius 3 is 1.54 bits per heavy atom. The molecule has 0 aromatic heterocycles. The van der Waals surface area contributed by atoms with Crippen LogP contribution >= 0.6 is 0 Å². The normalized spacial score (nSPS) is 14.0. The second-order valence-electron chi connectivity index (χ2n) is 7.47. The Kier molecular flexibility index (Phi) is 21.5. The summed E-state index contributed by atoms with van der Waals surface area (Å²) in [5, 5.41) is 8.85. The minimum atomic E-state index is -4.30. The van der Waals surface area contributed by atoms with Crippen molar-refractivity contribution in [1.29, 1.82) is 0 Å². The predicted molar refractivity (Wildman–Crippen MR) is 105 cm³/mol. The number of unbranched alkanes of at least 4 members (excludes halogenated alkanes) is 11. The van der Waals surface area contributed by atoms with Gasteiger partial charge in [-0.05, 0) is 19.3 Å². The molecule has 2 unspecified atom stereocenters. The Morgan fingerprint density at radius 1 is 0.731 bits per heavy atom. The minimum Gasteiger partial charge on any atom is -0.748 e. The third-order valence-electron chi connectivity index (χ3n) is 4.94. The van der Waals surface area contributed by atoms with Crippen molar-refractivity contribution in [3.63, 3.8) is 0 Å². The van der Waals surface area contributed by atoms with Crippen molar-refractivity contribution in [3.05, 3.63) is 0 Å². The number of aliphatic hydroxyl groups is 1. The topological polar surface area (TPSA) is 77.4 Å². The molecule has 0 aromatic rings. The molecule has 0 saturated carbocycles. The number of hydrogen-bond donors (Lipinski definition) is 1. The molecule has 0 heterocycles. The van der Waals surface area contributed by atoms with Crippen LogP contribution in [0.5, 0.6) is 0 Å². The smallest absolute Gasteiger partial charge is 0.748 e. The van der Waals surface area contributed by atoms with Crippen LogP contribution in [0.3, 0.4) is 0 Å². The van der Waals surface area contributed by atoms with Gasteiger partial charge in [0, 0.05) is 0 Å². The second-order valence-corrected chi connectivity index (χ2v) is 9.12. The maximum Gasteiger partial charge on any atom is 1.00 e. The molecule has 0 aliphatic heterocycles. The molecule has 152 valence electrons. The van der Waals surface area contributed by atoms with Crippen molar-refractivity contribution in [2.75, 3.05) is 0 Å². The van der Waals surface area contributed by atoms with Gasteiger partial charge in [0.1, 0.15) is 0 Å². The molecule has 0 aliphatic carbocycles. The zero-order valence-corrected chi connectivity index (χ0v) is 20.4. The molecule has 0 aliphatic rings. The van der Waals surface area contributed by atoms with E-state index >= 15 is 0 Å². The van der Waals surface area contributed by atoms with Crippen molar-refractivity contribution < 1.29 is 47.6 Å². The van der Waals surface area contributed by atoms with Gasteiger partial charge in [0.15, 0.2) is 0 Å². The summed E-state index contributed by atoms with van der Waals surface area (Å²) in [6.45, 7) is 4.18. The van der Waals surface area contributed by atoms with Crippen molar-refractivity contribution >= 4 is 10.1 Å². The summed E-state index contributed by atoms with van der Waals surface area (Å²) in [6.07, 6.45) is 15.8. The van der Waals surface area contributed by atoms with Gasteiger partial charge in [-0.2, -0.15) is 0 Å². The molecule has 0 saturated heterocycles. The van der Waals surface area contributed by atoms with Crippen LogP contribution in [0.4, 0.5) is 0 Å². The zero-order valence-electron chi connectivity index (χ0n) is 17.5. The van der Waals surface area contributed by atoms with E-state index < -0.39 is 21.5 Å². The molecule has 0 amide bonds. The van der Waals surface area contributed by atoms with Gasteiger partial charge >= 0.3 is 29.6 Å². The second kappa shape index (κ2) is 19.2. The molecule has 0 spiro atoms. The van der Waals surface area contributed by atoms with E-state index in [-0.39, 0.29) is 36.0 Å². The molecule has 0 bridgehead atoms. The molecule has 0 rings (SSSR count). The van der Waals surface area contributed by atoms with E-state index in [2.05, 4.69) is 6.92 Å². The Balaban J connectivity index is 0. The quantitative estimate of drug-likeness (QED) is 0.218. The van der Waals surface area contributed by atoms with Gasteiger partial charge in [-0.3, -0.25) is 0 Å². The predicted octanol–water partition coefficient (Wildman–Crippen LogP) is 2.55. The van der Waals surface area contributed by atoms with E-state index in [0.29, 0.717) is 12.8 Å². The fraction of sp³-hybridized carbons (Fsp3) is 1.00. The molecule has 6 heteroatoms. The van der Waals surface area contributed by atoms with Gasteiger partial charge in [0.2, 0.25) is 0 Å². The third kappa shape index (κ3) is 18.2. The van der Waals surface area contributed by atoms with Crippen LogP contribution in [0.25, 0.3) is 0 Å². The molecular weight excluding hydrogens is 359 g/mol. The number of hydrogen-bond acceptors (Lipinski definition) is 4. The van der Waals surface area contributed by atoms with E-state index in [9.17, 15) is 18.1 Å². The summed E-state index contributed by atoms with van der Waals surface area (Å²) in [6, 6.07) is 0. The first-order valence-corrected chi connectivity index (χ1v) is 12.0. The summed E-state index contributed by atoms with van der Waals surface area (Å²) in [4.78, 5) is 0. The fourth-order valence-corrected chi connectivity index (χ4v) is 4.26. The average molecular weight is 401 g/mol. The zero-order chi connectivity index (χ0) is 19.0. The maximum atomic E-state index is 11.3. The molecule has 0 aromatic carbocycles. The Morgan fingerprint density at radius 2 is 1.15 bits per heavy atom. The SMILES string of the molecule is CCCCCCCCCCCCCCC(CC(O)CCC)S(=O)(=O)[O-].[Na+]. The van der Waals surface area contributed by atoms with Crippen molar-refractivity contribution in [2.24, 2.45) is 0 Å². The van der Waals surface area contributed by atoms with Crippen LogP contribution in [0.1, 0.15) is 117 Å². The van der Waals surface area contributed by atoms with Crippen LogP contribution in [-0.4, -0.2) is 29.4 Å². The van der Waals surface area contributed by atoms with Crippen LogP contribution < -0.4 is 29.6 Å². The van der Waals surface area contributed by atoms with Crippen LogP contribution in [-0.2, 0) is 10.1 Å².